The summed E-state index contributed by atoms with van der Waals surface area (Å²) in [7, 11) is 0. The molecule has 3 aliphatic rings. The van der Waals surface area contributed by atoms with Crippen LogP contribution in [-0.2, 0) is 19.1 Å². The molecule has 4 atom stereocenters. The number of carboxylic acids is 2. The van der Waals surface area contributed by atoms with Crippen molar-refractivity contribution in [1.82, 2.24) is 0 Å². The summed E-state index contributed by atoms with van der Waals surface area (Å²) < 4.78 is 5.74. The Balaban J connectivity index is 1.97. The molecule has 2 aliphatic carbocycles. The first-order valence-corrected chi connectivity index (χ1v) is 9.03. The number of carbonyl (C=O) groups excluding carboxylic acids is 1. The van der Waals surface area contributed by atoms with Gasteiger partial charge in [-0.05, 0) is 52.0 Å². The molecule has 3 rings (SSSR count). The molecule has 1 aliphatic heterocycles. The second kappa shape index (κ2) is 6.34. The van der Waals surface area contributed by atoms with Gasteiger partial charge in [-0.1, -0.05) is 18.2 Å². The third kappa shape index (κ3) is 2.81. The minimum absolute atomic E-state index is 0.140. The van der Waals surface area contributed by atoms with Gasteiger partial charge in [0.2, 0.25) is 0 Å². The quantitative estimate of drug-likeness (QED) is 0.391. The van der Waals surface area contributed by atoms with E-state index in [1.807, 2.05) is 0 Å². The van der Waals surface area contributed by atoms with Crippen LogP contribution in [0.2, 0.25) is 0 Å². The standard InChI is InChI=1S/C20H24O7/c1-12(15(21)22)4-3-8-18(2)14-7-10-19(17(25)27-18)9-5-13(16(23)24)6-11-20(14,19)26/h3-5,8,14,26H,6-7,9-11H2,1-2H3,(H,21,22)(H,23,24)/b8-3+,12-4+/t14-,18+,19+,20+/m0/s1. The third-order valence-electron chi connectivity index (χ3n) is 6.52. The fourth-order valence-corrected chi connectivity index (χ4v) is 4.89. The lowest BCUT2D eigenvalue weighted by molar-refractivity contribution is -0.224. The molecule has 3 N–H and O–H groups in total. The highest BCUT2D eigenvalue weighted by molar-refractivity contribution is 5.88. The number of hydrogen-bond acceptors (Lipinski definition) is 5. The second-order valence-corrected chi connectivity index (χ2v) is 7.92. The molecular formula is C20H24O7. The number of esters is 1. The van der Waals surface area contributed by atoms with E-state index >= 15 is 0 Å². The van der Waals surface area contributed by atoms with E-state index in [9.17, 15) is 24.6 Å². The van der Waals surface area contributed by atoms with Crippen LogP contribution >= 0.6 is 0 Å². The number of carbonyl (C=O) groups is 3. The molecule has 2 fully saturated rings. The van der Waals surface area contributed by atoms with Crippen molar-refractivity contribution in [1.29, 1.82) is 0 Å². The molecule has 0 spiro atoms. The van der Waals surface area contributed by atoms with Crippen molar-refractivity contribution in [3.05, 3.63) is 35.5 Å². The van der Waals surface area contributed by atoms with E-state index in [4.69, 9.17) is 9.84 Å². The lowest BCUT2D eigenvalue weighted by atomic mass is 9.62. The van der Waals surface area contributed by atoms with E-state index in [-0.39, 0.29) is 36.3 Å². The maximum Gasteiger partial charge on any atom is 0.331 e. The summed E-state index contributed by atoms with van der Waals surface area (Å²) >= 11 is 0. The summed E-state index contributed by atoms with van der Waals surface area (Å²) in [5.41, 5.74) is -3.21. The Labute approximate surface area is 157 Å². The minimum Gasteiger partial charge on any atom is -0.478 e. The van der Waals surface area contributed by atoms with Crippen LogP contribution in [0.15, 0.2) is 35.5 Å². The number of carboxylic acid groups (broad SMARTS) is 2. The van der Waals surface area contributed by atoms with E-state index in [0.29, 0.717) is 12.8 Å². The smallest absolute Gasteiger partial charge is 0.331 e. The molecule has 27 heavy (non-hydrogen) atoms. The van der Waals surface area contributed by atoms with E-state index in [0.717, 1.165) is 0 Å². The maximum absolute atomic E-state index is 13.0. The fourth-order valence-electron chi connectivity index (χ4n) is 4.89. The number of hydrogen-bond donors (Lipinski definition) is 3. The van der Waals surface area contributed by atoms with Gasteiger partial charge >= 0.3 is 17.9 Å². The van der Waals surface area contributed by atoms with Gasteiger partial charge in [0.05, 0.1) is 5.60 Å². The number of aliphatic hydroxyl groups is 1. The van der Waals surface area contributed by atoms with Crippen molar-refractivity contribution in [2.24, 2.45) is 11.3 Å². The van der Waals surface area contributed by atoms with Crippen molar-refractivity contribution < 1.29 is 34.4 Å². The highest BCUT2D eigenvalue weighted by atomic mass is 16.6. The third-order valence-corrected chi connectivity index (χ3v) is 6.52. The Morgan fingerprint density at radius 2 is 2.00 bits per heavy atom. The summed E-state index contributed by atoms with van der Waals surface area (Å²) in [5, 5.41) is 29.8. The van der Waals surface area contributed by atoms with Crippen LogP contribution in [0.1, 0.15) is 46.0 Å². The molecule has 0 aromatic heterocycles. The van der Waals surface area contributed by atoms with E-state index in [1.165, 1.54) is 19.1 Å². The average molecular weight is 376 g/mol. The van der Waals surface area contributed by atoms with Crippen LogP contribution < -0.4 is 0 Å². The number of cyclic esters (lactones) is 1. The van der Waals surface area contributed by atoms with Gasteiger partial charge in [-0.15, -0.1) is 0 Å². The average Bonchev–Trinajstić information content (AvgIpc) is 2.70. The zero-order chi connectivity index (χ0) is 20.0. The second-order valence-electron chi connectivity index (χ2n) is 7.92. The van der Waals surface area contributed by atoms with Gasteiger partial charge in [-0.2, -0.15) is 0 Å². The largest absolute Gasteiger partial charge is 0.478 e. The van der Waals surface area contributed by atoms with E-state index < -0.39 is 34.5 Å². The maximum atomic E-state index is 13.0. The number of rotatable bonds is 4. The Hall–Kier alpha value is -2.41. The van der Waals surface area contributed by atoms with Gasteiger partial charge in [0.1, 0.15) is 11.0 Å². The van der Waals surface area contributed by atoms with Crippen LogP contribution in [0, 0.1) is 11.3 Å². The van der Waals surface area contributed by atoms with Crippen LogP contribution in [0.3, 0.4) is 0 Å². The summed E-state index contributed by atoms with van der Waals surface area (Å²) in [6.07, 6.45) is 7.63. The molecule has 0 radical (unpaired) electrons. The van der Waals surface area contributed by atoms with Gasteiger partial charge in [0, 0.05) is 17.1 Å². The summed E-state index contributed by atoms with van der Waals surface area (Å²) in [5.74, 6) is -2.98. The van der Waals surface area contributed by atoms with Crippen molar-refractivity contribution in [2.75, 3.05) is 0 Å². The van der Waals surface area contributed by atoms with Crippen LogP contribution in [0.4, 0.5) is 0 Å². The predicted molar refractivity (Wildman–Crippen MR) is 94.7 cm³/mol. The first-order chi connectivity index (χ1) is 12.6. The molecule has 2 bridgehead atoms. The molecule has 7 heteroatoms. The van der Waals surface area contributed by atoms with Gasteiger partial charge in [0.15, 0.2) is 0 Å². The molecule has 1 saturated heterocycles. The van der Waals surface area contributed by atoms with Gasteiger partial charge in [-0.25, -0.2) is 9.59 Å². The van der Waals surface area contributed by atoms with Crippen molar-refractivity contribution in [3.63, 3.8) is 0 Å². The first-order valence-electron chi connectivity index (χ1n) is 9.03. The Morgan fingerprint density at radius 1 is 1.30 bits per heavy atom. The van der Waals surface area contributed by atoms with Gasteiger partial charge in [0.25, 0.3) is 0 Å². The number of ether oxygens (including phenoxy) is 1. The zero-order valence-electron chi connectivity index (χ0n) is 15.4. The Morgan fingerprint density at radius 3 is 2.63 bits per heavy atom. The highest BCUT2D eigenvalue weighted by Crippen LogP contribution is 2.63. The Kier molecular flexibility index (Phi) is 4.54. The van der Waals surface area contributed by atoms with Crippen LogP contribution in [0.5, 0.6) is 0 Å². The number of aliphatic carboxylic acids is 2. The molecule has 0 amide bonds. The fraction of sp³-hybridized carbons (Fsp3) is 0.550. The molecule has 0 aromatic rings. The SMILES string of the molecule is C/C(=C\C=C\[C@@]1(C)OC(=O)[C@]23CC=C(C(=O)O)CC[C@@]2(O)[C@H]1CC3)C(=O)O. The van der Waals surface area contributed by atoms with Crippen molar-refractivity contribution >= 4 is 17.9 Å². The lowest BCUT2D eigenvalue weighted by Gasteiger charge is -2.52. The molecular weight excluding hydrogens is 352 g/mol. The predicted octanol–water partition coefficient (Wildman–Crippen LogP) is 2.21. The summed E-state index contributed by atoms with van der Waals surface area (Å²) in [6, 6.07) is 0. The summed E-state index contributed by atoms with van der Waals surface area (Å²) in [4.78, 5) is 35.2. The van der Waals surface area contributed by atoms with Gasteiger partial charge in [-0.3, -0.25) is 4.79 Å². The normalized spacial score (nSPS) is 38.8. The number of allylic oxidation sites excluding steroid dienone is 3. The minimum atomic E-state index is -1.36. The van der Waals surface area contributed by atoms with Gasteiger partial charge < -0.3 is 20.1 Å². The summed E-state index contributed by atoms with van der Waals surface area (Å²) in [6.45, 7) is 3.17. The molecule has 0 aromatic carbocycles. The lowest BCUT2D eigenvalue weighted by Crippen LogP contribution is -2.63. The van der Waals surface area contributed by atoms with Crippen LogP contribution in [0.25, 0.3) is 0 Å². The molecule has 1 heterocycles. The molecule has 1 saturated carbocycles. The monoisotopic (exact) mass is 376 g/mol. The zero-order valence-corrected chi connectivity index (χ0v) is 15.4. The molecule has 7 nitrogen and oxygen atoms in total. The molecule has 146 valence electrons. The first kappa shape index (κ1) is 19.4. The van der Waals surface area contributed by atoms with E-state index in [1.54, 1.807) is 19.1 Å². The van der Waals surface area contributed by atoms with Crippen molar-refractivity contribution in [3.8, 4) is 0 Å². The Bertz CT molecular complexity index is 792. The topological polar surface area (TPSA) is 121 Å². The van der Waals surface area contributed by atoms with Crippen LogP contribution in [-0.4, -0.2) is 44.4 Å². The van der Waals surface area contributed by atoms with E-state index in [2.05, 4.69) is 0 Å². The molecule has 0 unspecified atom stereocenters. The highest BCUT2D eigenvalue weighted by Gasteiger charge is 2.71. The van der Waals surface area contributed by atoms with Crippen molar-refractivity contribution in [2.45, 2.75) is 57.2 Å².